The van der Waals surface area contributed by atoms with Gasteiger partial charge >= 0.3 is 0 Å². The summed E-state index contributed by atoms with van der Waals surface area (Å²) in [6, 6.07) is 0.542. The van der Waals surface area contributed by atoms with E-state index in [0.29, 0.717) is 6.04 Å². The first-order valence-electron chi connectivity index (χ1n) is 7.96. The third kappa shape index (κ3) is 5.10. The van der Waals surface area contributed by atoms with Crippen molar-refractivity contribution in [3.8, 4) is 0 Å². The SMILES string of the molecule is NNC(CSC1CCCCC1)CC1CCCCC1. The second kappa shape index (κ2) is 8.44. The van der Waals surface area contributed by atoms with Gasteiger partial charge in [-0.2, -0.15) is 11.8 Å². The molecule has 18 heavy (non-hydrogen) atoms. The molecule has 0 radical (unpaired) electrons. The first-order chi connectivity index (χ1) is 8.88. The molecular weight excluding hydrogens is 240 g/mol. The standard InChI is InChI=1S/C15H30N2S/c16-17-14(11-13-7-3-1-4-8-13)12-18-15-9-5-2-6-10-15/h13-15,17H,1-12,16H2. The zero-order chi connectivity index (χ0) is 12.6. The van der Waals surface area contributed by atoms with Gasteiger partial charge in [-0.05, 0) is 25.2 Å². The Balaban J connectivity index is 1.64. The van der Waals surface area contributed by atoms with E-state index >= 15 is 0 Å². The van der Waals surface area contributed by atoms with Crippen molar-refractivity contribution in [2.75, 3.05) is 5.75 Å². The third-order valence-corrected chi connectivity index (χ3v) is 6.20. The molecule has 0 aromatic carbocycles. The molecular formula is C15H30N2S. The molecule has 0 heterocycles. The predicted octanol–water partition coefficient (Wildman–Crippen LogP) is 3.85. The maximum Gasteiger partial charge on any atom is 0.0303 e. The topological polar surface area (TPSA) is 38.0 Å². The van der Waals surface area contributed by atoms with Crippen LogP contribution in [0.2, 0.25) is 0 Å². The van der Waals surface area contributed by atoms with Crippen molar-refractivity contribution < 1.29 is 0 Å². The van der Waals surface area contributed by atoms with Gasteiger partial charge in [0.05, 0.1) is 0 Å². The van der Waals surface area contributed by atoms with Crippen molar-refractivity contribution in [1.82, 2.24) is 5.43 Å². The van der Waals surface area contributed by atoms with Gasteiger partial charge in [-0.25, -0.2) is 0 Å². The molecule has 2 fully saturated rings. The molecule has 0 aromatic rings. The van der Waals surface area contributed by atoms with E-state index in [1.807, 2.05) is 0 Å². The summed E-state index contributed by atoms with van der Waals surface area (Å²) < 4.78 is 0. The summed E-state index contributed by atoms with van der Waals surface area (Å²) in [5, 5.41) is 0.918. The molecule has 2 nitrogen and oxygen atoms in total. The second-order valence-electron chi connectivity index (χ2n) is 6.20. The van der Waals surface area contributed by atoms with Crippen LogP contribution in [-0.2, 0) is 0 Å². The lowest BCUT2D eigenvalue weighted by Gasteiger charge is -2.28. The van der Waals surface area contributed by atoms with Crippen LogP contribution in [0, 0.1) is 5.92 Å². The second-order valence-corrected chi connectivity index (χ2v) is 7.53. The average Bonchev–Trinajstić information content (AvgIpc) is 2.45. The van der Waals surface area contributed by atoms with Gasteiger partial charge in [0.25, 0.3) is 0 Å². The van der Waals surface area contributed by atoms with Crippen LogP contribution >= 0.6 is 11.8 Å². The Hall–Kier alpha value is 0.270. The summed E-state index contributed by atoms with van der Waals surface area (Å²) in [4.78, 5) is 0. The van der Waals surface area contributed by atoms with Crippen LogP contribution in [-0.4, -0.2) is 17.0 Å². The minimum atomic E-state index is 0.542. The van der Waals surface area contributed by atoms with Crippen LogP contribution in [0.4, 0.5) is 0 Å². The fourth-order valence-electron chi connectivity index (χ4n) is 3.49. The summed E-state index contributed by atoms with van der Waals surface area (Å²) in [7, 11) is 0. The number of hydrogen-bond acceptors (Lipinski definition) is 3. The number of thioether (sulfide) groups is 1. The van der Waals surface area contributed by atoms with Crippen LogP contribution < -0.4 is 11.3 Å². The number of nitrogens with one attached hydrogen (secondary N) is 1. The zero-order valence-electron chi connectivity index (χ0n) is 11.7. The molecule has 3 N–H and O–H groups in total. The lowest BCUT2D eigenvalue weighted by atomic mass is 9.85. The molecule has 2 aliphatic carbocycles. The highest BCUT2D eigenvalue weighted by Gasteiger charge is 2.20. The van der Waals surface area contributed by atoms with E-state index in [2.05, 4.69) is 17.2 Å². The van der Waals surface area contributed by atoms with Crippen molar-refractivity contribution in [2.45, 2.75) is 81.9 Å². The van der Waals surface area contributed by atoms with E-state index in [1.54, 1.807) is 0 Å². The monoisotopic (exact) mass is 270 g/mol. The summed E-state index contributed by atoms with van der Waals surface area (Å²) in [6.45, 7) is 0. The zero-order valence-corrected chi connectivity index (χ0v) is 12.5. The van der Waals surface area contributed by atoms with E-state index < -0.39 is 0 Å². The molecule has 0 aromatic heterocycles. The molecule has 0 bridgehead atoms. The Kier molecular flexibility index (Phi) is 6.88. The largest absolute Gasteiger partial charge is 0.271 e. The van der Waals surface area contributed by atoms with E-state index in [9.17, 15) is 0 Å². The maximum absolute atomic E-state index is 5.74. The van der Waals surface area contributed by atoms with Gasteiger partial charge in [0.2, 0.25) is 0 Å². The quantitative estimate of drug-likeness (QED) is 0.568. The minimum Gasteiger partial charge on any atom is -0.271 e. The van der Waals surface area contributed by atoms with Crippen molar-refractivity contribution in [2.24, 2.45) is 11.8 Å². The molecule has 0 aliphatic heterocycles. The van der Waals surface area contributed by atoms with Crippen LogP contribution in [0.3, 0.4) is 0 Å². The number of rotatable bonds is 6. The molecule has 0 spiro atoms. The van der Waals surface area contributed by atoms with Crippen LogP contribution in [0.15, 0.2) is 0 Å². The number of nitrogens with two attached hydrogens (primary N) is 1. The van der Waals surface area contributed by atoms with Gasteiger partial charge in [0.1, 0.15) is 0 Å². The van der Waals surface area contributed by atoms with Crippen LogP contribution in [0.1, 0.15) is 70.6 Å². The Morgan fingerprint density at radius 3 is 2.17 bits per heavy atom. The average molecular weight is 270 g/mol. The van der Waals surface area contributed by atoms with Gasteiger partial charge in [0.15, 0.2) is 0 Å². The van der Waals surface area contributed by atoms with E-state index in [4.69, 9.17) is 5.84 Å². The minimum absolute atomic E-state index is 0.542. The van der Waals surface area contributed by atoms with E-state index in [1.165, 1.54) is 76.4 Å². The van der Waals surface area contributed by atoms with Crippen molar-refractivity contribution in [3.63, 3.8) is 0 Å². The lowest BCUT2D eigenvalue weighted by molar-refractivity contribution is 0.308. The Bertz CT molecular complexity index is 211. The molecule has 2 saturated carbocycles. The lowest BCUT2D eigenvalue weighted by Crippen LogP contribution is -2.39. The highest BCUT2D eigenvalue weighted by Crippen LogP contribution is 2.31. The van der Waals surface area contributed by atoms with Gasteiger partial charge in [-0.1, -0.05) is 51.4 Å². The summed E-state index contributed by atoms with van der Waals surface area (Å²) in [5.74, 6) is 7.90. The number of hydrogen-bond donors (Lipinski definition) is 2. The molecule has 0 amide bonds. The maximum atomic E-state index is 5.74. The van der Waals surface area contributed by atoms with Crippen LogP contribution in [0.25, 0.3) is 0 Å². The third-order valence-electron chi connectivity index (χ3n) is 4.66. The molecule has 106 valence electrons. The van der Waals surface area contributed by atoms with Crippen molar-refractivity contribution in [3.05, 3.63) is 0 Å². The van der Waals surface area contributed by atoms with Gasteiger partial charge < -0.3 is 0 Å². The summed E-state index contributed by atoms with van der Waals surface area (Å²) in [6.07, 6.45) is 15.7. The molecule has 3 heteroatoms. The first-order valence-corrected chi connectivity index (χ1v) is 9.01. The van der Waals surface area contributed by atoms with Gasteiger partial charge in [-0.3, -0.25) is 11.3 Å². The molecule has 2 rings (SSSR count). The Morgan fingerprint density at radius 2 is 1.56 bits per heavy atom. The highest BCUT2D eigenvalue weighted by molar-refractivity contribution is 7.99. The Morgan fingerprint density at radius 1 is 0.944 bits per heavy atom. The normalized spacial score (nSPS) is 25.2. The fraction of sp³-hybridized carbons (Fsp3) is 1.00. The summed E-state index contributed by atoms with van der Waals surface area (Å²) in [5.41, 5.74) is 3.07. The smallest absolute Gasteiger partial charge is 0.0303 e. The first kappa shape index (κ1) is 14.7. The Labute approximate surface area is 117 Å². The predicted molar refractivity (Wildman–Crippen MR) is 81.6 cm³/mol. The summed E-state index contributed by atoms with van der Waals surface area (Å²) >= 11 is 2.18. The molecule has 1 atom stereocenters. The molecule has 0 saturated heterocycles. The molecule has 2 aliphatic rings. The highest BCUT2D eigenvalue weighted by atomic mass is 32.2. The van der Waals surface area contributed by atoms with Gasteiger partial charge in [-0.15, -0.1) is 0 Å². The van der Waals surface area contributed by atoms with E-state index in [0.717, 1.165) is 11.2 Å². The van der Waals surface area contributed by atoms with Crippen molar-refractivity contribution in [1.29, 1.82) is 0 Å². The van der Waals surface area contributed by atoms with Gasteiger partial charge in [0, 0.05) is 17.0 Å². The molecule has 1 unspecified atom stereocenters. The number of hydrazine groups is 1. The fourth-order valence-corrected chi connectivity index (χ4v) is 4.90. The van der Waals surface area contributed by atoms with E-state index in [-0.39, 0.29) is 0 Å². The van der Waals surface area contributed by atoms with Crippen LogP contribution in [0.5, 0.6) is 0 Å². The van der Waals surface area contributed by atoms with Crippen molar-refractivity contribution >= 4 is 11.8 Å².